The number of rotatable bonds is 7. The summed E-state index contributed by atoms with van der Waals surface area (Å²) < 4.78 is 7.25. The first kappa shape index (κ1) is 21.0. The van der Waals surface area contributed by atoms with Crippen LogP contribution in [-0.2, 0) is 17.8 Å². The second kappa shape index (κ2) is 10.2. The summed E-state index contributed by atoms with van der Waals surface area (Å²) in [5, 5.41) is 7.32. The van der Waals surface area contributed by atoms with Gasteiger partial charge in [0.25, 0.3) is 5.91 Å². The molecule has 0 unspecified atom stereocenters. The van der Waals surface area contributed by atoms with Gasteiger partial charge in [-0.05, 0) is 24.7 Å². The molecule has 3 heterocycles. The Bertz CT molecular complexity index is 807. The number of carbonyl (C=O) groups is 1. The van der Waals surface area contributed by atoms with Gasteiger partial charge in [-0.1, -0.05) is 12.1 Å². The number of likely N-dealkylation sites (N-methyl/N-ethyl adjacent to an activating group) is 1. The highest BCUT2D eigenvalue weighted by atomic mass is 16.5. The highest BCUT2D eigenvalue weighted by Gasteiger charge is 2.15. The van der Waals surface area contributed by atoms with Gasteiger partial charge in [0.2, 0.25) is 0 Å². The van der Waals surface area contributed by atoms with E-state index >= 15 is 0 Å². The molecule has 1 amide bonds. The van der Waals surface area contributed by atoms with Crippen LogP contribution in [0.3, 0.4) is 0 Å². The maximum absolute atomic E-state index is 12.6. The number of nitrogens with one attached hydrogen (secondary N) is 1. The van der Waals surface area contributed by atoms with Crippen molar-refractivity contribution in [1.82, 2.24) is 24.5 Å². The first-order valence-electron chi connectivity index (χ1n) is 10.8. The first-order valence-corrected chi connectivity index (χ1v) is 10.8. The Morgan fingerprint density at radius 3 is 2.47 bits per heavy atom. The number of hydrogen-bond donors (Lipinski definition) is 1. The second-order valence-corrected chi connectivity index (χ2v) is 8.18. The third-order valence-electron chi connectivity index (χ3n) is 5.86. The Kier molecular flexibility index (Phi) is 7.11. The SMILES string of the molecule is CN1CCN(Cc2ccc(C(=O)Nc3cnn(CCN4CCOCC4)c3)cc2)CC1. The zero-order valence-electron chi connectivity index (χ0n) is 17.8. The minimum Gasteiger partial charge on any atom is -0.379 e. The lowest BCUT2D eigenvalue weighted by Crippen LogP contribution is -2.43. The normalized spacial score (nSPS) is 19.1. The Labute approximate surface area is 178 Å². The number of anilines is 1. The molecule has 0 bridgehead atoms. The summed E-state index contributed by atoms with van der Waals surface area (Å²) in [5.74, 6) is -0.103. The van der Waals surface area contributed by atoms with Crippen LogP contribution >= 0.6 is 0 Å². The monoisotopic (exact) mass is 412 g/mol. The molecular formula is C22H32N6O2. The third kappa shape index (κ3) is 5.89. The van der Waals surface area contributed by atoms with Gasteiger partial charge in [0.05, 0.1) is 31.6 Å². The molecule has 30 heavy (non-hydrogen) atoms. The molecule has 1 N–H and O–H groups in total. The van der Waals surface area contributed by atoms with Crippen LogP contribution in [0.25, 0.3) is 0 Å². The summed E-state index contributed by atoms with van der Waals surface area (Å²) in [6.45, 7) is 10.6. The summed E-state index contributed by atoms with van der Waals surface area (Å²) in [7, 11) is 2.17. The molecule has 2 saturated heterocycles. The van der Waals surface area contributed by atoms with Crippen molar-refractivity contribution in [3.8, 4) is 0 Å². The molecule has 8 heteroatoms. The Morgan fingerprint density at radius 1 is 1.00 bits per heavy atom. The maximum Gasteiger partial charge on any atom is 0.255 e. The van der Waals surface area contributed by atoms with Crippen molar-refractivity contribution in [3.63, 3.8) is 0 Å². The quantitative estimate of drug-likeness (QED) is 0.738. The molecule has 0 spiro atoms. The molecular weight excluding hydrogens is 380 g/mol. The highest BCUT2D eigenvalue weighted by Crippen LogP contribution is 2.12. The molecule has 1 aromatic carbocycles. The fourth-order valence-corrected chi connectivity index (χ4v) is 3.85. The summed E-state index contributed by atoms with van der Waals surface area (Å²) in [6.07, 6.45) is 3.60. The van der Waals surface area contributed by atoms with E-state index in [1.807, 2.05) is 23.0 Å². The number of carbonyl (C=O) groups excluding carboxylic acids is 1. The molecule has 0 aliphatic carbocycles. The van der Waals surface area contributed by atoms with E-state index in [0.717, 1.165) is 77.8 Å². The molecule has 2 fully saturated rings. The zero-order chi connectivity index (χ0) is 20.8. The Morgan fingerprint density at radius 2 is 1.73 bits per heavy atom. The van der Waals surface area contributed by atoms with E-state index < -0.39 is 0 Å². The molecule has 2 aromatic rings. The summed E-state index contributed by atoms with van der Waals surface area (Å²) in [5.41, 5.74) is 2.63. The van der Waals surface area contributed by atoms with Gasteiger partial charge in [-0.15, -0.1) is 0 Å². The van der Waals surface area contributed by atoms with Crippen LogP contribution in [0.5, 0.6) is 0 Å². The van der Waals surface area contributed by atoms with Crippen molar-refractivity contribution in [2.45, 2.75) is 13.1 Å². The average Bonchev–Trinajstić information content (AvgIpc) is 3.22. The summed E-state index contributed by atoms with van der Waals surface area (Å²) >= 11 is 0. The molecule has 162 valence electrons. The summed E-state index contributed by atoms with van der Waals surface area (Å²) in [6, 6.07) is 7.92. The van der Waals surface area contributed by atoms with Crippen molar-refractivity contribution in [3.05, 3.63) is 47.8 Å². The van der Waals surface area contributed by atoms with E-state index in [9.17, 15) is 4.79 Å². The number of nitrogens with zero attached hydrogens (tertiary/aromatic N) is 5. The zero-order valence-corrected chi connectivity index (χ0v) is 17.8. The van der Waals surface area contributed by atoms with E-state index in [1.54, 1.807) is 6.20 Å². The van der Waals surface area contributed by atoms with Crippen LogP contribution in [-0.4, -0.2) is 96.5 Å². The lowest BCUT2D eigenvalue weighted by Gasteiger charge is -2.32. The summed E-state index contributed by atoms with van der Waals surface area (Å²) in [4.78, 5) is 19.8. The molecule has 2 aliphatic heterocycles. The standard InChI is InChI=1S/C22H32N6O2/c1-25-6-8-27(9-7-25)17-19-2-4-20(5-3-19)22(29)24-21-16-23-28(18-21)11-10-26-12-14-30-15-13-26/h2-5,16,18H,6-15,17H2,1H3,(H,24,29). The predicted molar refractivity (Wildman–Crippen MR) is 117 cm³/mol. The van der Waals surface area contributed by atoms with E-state index in [1.165, 1.54) is 5.56 Å². The number of hydrogen-bond acceptors (Lipinski definition) is 6. The van der Waals surface area contributed by atoms with Gasteiger partial charge in [-0.25, -0.2) is 0 Å². The molecule has 0 atom stereocenters. The highest BCUT2D eigenvalue weighted by molar-refractivity contribution is 6.04. The third-order valence-corrected chi connectivity index (χ3v) is 5.86. The fraction of sp³-hybridized carbons (Fsp3) is 0.545. The lowest BCUT2D eigenvalue weighted by atomic mass is 10.1. The molecule has 0 radical (unpaired) electrons. The fourth-order valence-electron chi connectivity index (χ4n) is 3.85. The van der Waals surface area contributed by atoms with Crippen LogP contribution in [0.2, 0.25) is 0 Å². The first-order chi connectivity index (χ1) is 14.7. The van der Waals surface area contributed by atoms with Gasteiger partial charge >= 0.3 is 0 Å². The smallest absolute Gasteiger partial charge is 0.255 e. The average molecular weight is 413 g/mol. The van der Waals surface area contributed by atoms with Crippen molar-refractivity contribution in [1.29, 1.82) is 0 Å². The van der Waals surface area contributed by atoms with E-state index in [2.05, 4.69) is 44.3 Å². The van der Waals surface area contributed by atoms with Crippen LogP contribution in [0.1, 0.15) is 15.9 Å². The van der Waals surface area contributed by atoms with Crippen LogP contribution < -0.4 is 5.32 Å². The van der Waals surface area contributed by atoms with Crippen molar-refractivity contribution in [2.75, 3.05) is 71.4 Å². The molecule has 2 aliphatic rings. The van der Waals surface area contributed by atoms with Crippen molar-refractivity contribution < 1.29 is 9.53 Å². The molecule has 0 saturated carbocycles. The van der Waals surface area contributed by atoms with E-state index in [0.29, 0.717) is 5.56 Å². The second-order valence-electron chi connectivity index (χ2n) is 8.18. The molecule has 1 aromatic heterocycles. The Balaban J connectivity index is 1.25. The topological polar surface area (TPSA) is 65.9 Å². The predicted octanol–water partition coefficient (Wildman–Crippen LogP) is 1.22. The largest absolute Gasteiger partial charge is 0.379 e. The van der Waals surface area contributed by atoms with Gasteiger partial charge in [-0.3, -0.25) is 19.3 Å². The Hall–Kier alpha value is -2.26. The van der Waals surface area contributed by atoms with Gasteiger partial charge in [0, 0.05) is 64.1 Å². The number of benzene rings is 1. The van der Waals surface area contributed by atoms with E-state index in [-0.39, 0.29) is 5.91 Å². The minimum atomic E-state index is -0.103. The number of amides is 1. The van der Waals surface area contributed by atoms with Crippen LogP contribution in [0.4, 0.5) is 5.69 Å². The lowest BCUT2D eigenvalue weighted by molar-refractivity contribution is 0.0360. The van der Waals surface area contributed by atoms with Gasteiger partial charge in [0.15, 0.2) is 0 Å². The van der Waals surface area contributed by atoms with Crippen LogP contribution in [0.15, 0.2) is 36.7 Å². The maximum atomic E-state index is 12.6. The number of morpholine rings is 1. The van der Waals surface area contributed by atoms with E-state index in [4.69, 9.17) is 4.74 Å². The van der Waals surface area contributed by atoms with Gasteiger partial charge < -0.3 is 15.0 Å². The minimum absolute atomic E-state index is 0.103. The van der Waals surface area contributed by atoms with Gasteiger partial charge in [-0.2, -0.15) is 5.10 Å². The number of ether oxygens (including phenoxy) is 1. The number of piperazine rings is 1. The van der Waals surface area contributed by atoms with Crippen molar-refractivity contribution in [2.24, 2.45) is 0 Å². The van der Waals surface area contributed by atoms with Crippen LogP contribution in [0, 0.1) is 0 Å². The molecule has 8 nitrogen and oxygen atoms in total. The van der Waals surface area contributed by atoms with Gasteiger partial charge in [0.1, 0.15) is 0 Å². The van der Waals surface area contributed by atoms with Crippen molar-refractivity contribution >= 4 is 11.6 Å². The molecule has 4 rings (SSSR count). The number of aromatic nitrogens is 2.